The zero-order valence-corrected chi connectivity index (χ0v) is 16.4. The highest BCUT2D eigenvalue weighted by atomic mass is 35.5. The van der Waals surface area contributed by atoms with Gasteiger partial charge < -0.3 is 15.0 Å². The van der Waals surface area contributed by atoms with E-state index in [0.717, 1.165) is 17.6 Å². The summed E-state index contributed by atoms with van der Waals surface area (Å²) < 4.78 is 16.3. The molecule has 144 valence electrons. The first-order chi connectivity index (χ1) is 12.5. The minimum absolute atomic E-state index is 0. The highest BCUT2D eigenvalue weighted by molar-refractivity contribution is 7.09. The number of nitrogens with zero attached hydrogens (tertiary/aromatic N) is 2. The zero-order valence-electron chi connectivity index (χ0n) is 14.8. The Morgan fingerprint density at radius 3 is 2.74 bits per heavy atom. The molecule has 9 heteroatoms. The smallest absolute Gasteiger partial charge is 0.341 e. The Hall–Kier alpha value is -2.29. The van der Waals surface area contributed by atoms with Crippen molar-refractivity contribution in [2.75, 3.05) is 6.54 Å². The van der Waals surface area contributed by atoms with Crippen LogP contribution in [-0.2, 0) is 13.1 Å². The summed E-state index contributed by atoms with van der Waals surface area (Å²) >= 11 is 1.43. The highest BCUT2D eigenvalue weighted by Gasteiger charge is 2.18. The fourth-order valence-corrected chi connectivity index (χ4v) is 3.53. The number of pyridine rings is 1. The second kappa shape index (κ2) is 8.60. The summed E-state index contributed by atoms with van der Waals surface area (Å²) in [7, 11) is 0. The summed E-state index contributed by atoms with van der Waals surface area (Å²) in [6.07, 6.45) is 1.30. The van der Waals surface area contributed by atoms with E-state index in [1.165, 1.54) is 17.5 Å². The molecule has 0 spiro atoms. The van der Waals surface area contributed by atoms with Crippen LogP contribution >= 0.6 is 23.7 Å². The van der Waals surface area contributed by atoms with Crippen LogP contribution in [0.4, 0.5) is 4.39 Å². The maximum absolute atomic E-state index is 14.7. The van der Waals surface area contributed by atoms with E-state index in [0.29, 0.717) is 29.9 Å². The molecule has 0 aliphatic carbocycles. The van der Waals surface area contributed by atoms with Gasteiger partial charge in [-0.3, -0.25) is 4.79 Å². The normalized spacial score (nSPS) is 10.8. The van der Waals surface area contributed by atoms with Gasteiger partial charge in [0.25, 0.3) is 0 Å². The molecule has 27 heavy (non-hydrogen) atoms. The number of hydrogen-bond donors (Lipinski definition) is 2. The molecule has 1 aromatic carbocycles. The number of aryl methyl sites for hydroxylation is 1. The third kappa shape index (κ3) is 4.02. The number of fused-ring (bicyclic) bond motifs is 1. The fourth-order valence-electron chi connectivity index (χ4n) is 2.77. The van der Waals surface area contributed by atoms with Gasteiger partial charge in [0.05, 0.1) is 11.2 Å². The summed E-state index contributed by atoms with van der Waals surface area (Å²) in [4.78, 5) is 28.1. The van der Waals surface area contributed by atoms with E-state index in [1.54, 1.807) is 16.0 Å². The Balaban J connectivity index is 0.00000261. The van der Waals surface area contributed by atoms with Gasteiger partial charge in [-0.15, -0.1) is 23.7 Å². The summed E-state index contributed by atoms with van der Waals surface area (Å²) in [5, 5.41) is 15.0. The molecule has 0 saturated carbocycles. The van der Waals surface area contributed by atoms with Crippen molar-refractivity contribution >= 4 is 40.6 Å². The molecule has 6 nitrogen and oxygen atoms in total. The molecule has 2 N–H and O–H groups in total. The molecule has 2 heterocycles. The summed E-state index contributed by atoms with van der Waals surface area (Å²) in [6, 6.07) is 2.67. The van der Waals surface area contributed by atoms with Gasteiger partial charge in [0, 0.05) is 35.6 Å². The van der Waals surface area contributed by atoms with Gasteiger partial charge in [-0.1, -0.05) is 6.92 Å². The minimum Gasteiger partial charge on any atom is -0.477 e. The summed E-state index contributed by atoms with van der Waals surface area (Å²) in [5.41, 5.74) is 0.225. The zero-order chi connectivity index (χ0) is 18.8. The van der Waals surface area contributed by atoms with Gasteiger partial charge in [0.2, 0.25) is 5.43 Å². The maximum Gasteiger partial charge on any atom is 0.341 e. The number of nitrogens with one attached hydrogen (secondary N) is 1. The molecule has 3 rings (SSSR count). The number of aromatic nitrogens is 2. The van der Waals surface area contributed by atoms with Crippen molar-refractivity contribution in [1.82, 2.24) is 14.9 Å². The molecule has 2 aromatic heterocycles. The Kier molecular flexibility index (Phi) is 6.69. The summed E-state index contributed by atoms with van der Waals surface area (Å²) in [5.74, 6) is -1.92. The van der Waals surface area contributed by atoms with Gasteiger partial charge in [0.1, 0.15) is 16.4 Å². The number of thiazole rings is 1. The average Bonchev–Trinajstić information content (AvgIpc) is 3.08. The van der Waals surface area contributed by atoms with Crippen LogP contribution in [0.1, 0.15) is 29.2 Å². The van der Waals surface area contributed by atoms with Crippen molar-refractivity contribution in [3.05, 3.63) is 50.3 Å². The molecule has 3 aromatic rings. The Morgan fingerprint density at radius 1 is 1.37 bits per heavy atom. The molecule has 0 saturated heterocycles. The van der Waals surface area contributed by atoms with Crippen LogP contribution in [0, 0.1) is 5.82 Å². The van der Waals surface area contributed by atoms with Crippen molar-refractivity contribution in [3.8, 4) is 11.3 Å². The third-order valence-corrected chi connectivity index (χ3v) is 4.94. The molecule has 0 radical (unpaired) electrons. The molecule has 0 amide bonds. The lowest BCUT2D eigenvalue weighted by molar-refractivity contribution is 0.0695. The lowest BCUT2D eigenvalue weighted by atomic mass is 10.1. The van der Waals surface area contributed by atoms with Gasteiger partial charge in [-0.05, 0) is 25.6 Å². The monoisotopic (exact) mass is 411 g/mol. The van der Waals surface area contributed by atoms with E-state index < -0.39 is 17.2 Å². The molecule has 0 unspecified atom stereocenters. The number of benzene rings is 1. The van der Waals surface area contributed by atoms with Crippen molar-refractivity contribution < 1.29 is 14.3 Å². The standard InChI is InChI=1S/C18H18FN3O3S.ClH/c1-3-20-7-16-21-14(9-26-16)10-6-15-11(5-13(10)19)17(23)12(18(24)25)8-22(15)4-2;/h5-6,8-9,20H,3-4,7H2,1-2H3,(H,24,25);1H. The van der Waals surface area contributed by atoms with E-state index in [-0.39, 0.29) is 23.4 Å². The van der Waals surface area contributed by atoms with Crippen molar-refractivity contribution in [2.45, 2.75) is 26.9 Å². The quantitative estimate of drug-likeness (QED) is 0.648. The van der Waals surface area contributed by atoms with E-state index in [2.05, 4.69) is 10.3 Å². The Labute approximate surface area is 165 Å². The first-order valence-corrected chi connectivity index (χ1v) is 9.09. The molecular weight excluding hydrogens is 393 g/mol. The van der Waals surface area contributed by atoms with Crippen LogP contribution in [0.3, 0.4) is 0 Å². The maximum atomic E-state index is 14.7. The topological polar surface area (TPSA) is 84.2 Å². The molecule has 0 bridgehead atoms. The number of rotatable bonds is 6. The Bertz CT molecular complexity index is 1050. The Morgan fingerprint density at radius 2 is 2.11 bits per heavy atom. The first-order valence-electron chi connectivity index (χ1n) is 8.21. The number of carbonyl (C=O) groups is 1. The molecule has 0 atom stereocenters. The summed E-state index contributed by atoms with van der Waals surface area (Å²) in [6.45, 7) is 5.69. The second-order valence-electron chi connectivity index (χ2n) is 5.72. The molecule has 0 fully saturated rings. The largest absolute Gasteiger partial charge is 0.477 e. The van der Waals surface area contributed by atoms with Crippen LogP contribution in [0.15, 0.2) is 28.5 Å². The number of aromatic carboxylic acids is 1. The SMILES string of the molecule is CCNCc1nc(-c2cc3c(cc2F)c(=O)c(C(=O)O)cn3CC)cs1.Cl. The molecular formula is C18H19ClFN3O3S. The van der Waals surface area contributed by atoms with Crippen LogP contribution < -0.4 is 10.7 Å². The van der Waals surface area contributed by atoms with Crippen molar-refractivity contribution in [2.24, 2.45) is 0 Å². The molecule has 0 aliphatic heterocycles. The second-order valence-corrected chi connectivity index (χ2v) is 6.66. The number of carboxylic acid groups (broad SMARTS) is 1. The van der Waals surface area contributed by atoms with Gasteiger partial charge in [-0.25, -0.2) is 14.2 Å². The van der Waals surface area contributed by atoms with Gasteiger partial charge >= 0.3 is 5.97 Å². The third-order valence-electron chi connectivity index (χ3n) is 4.09. The number of halogens is 2. The van der Waals surface area contributed by atoms with Gasteiger partial charge in [-0.2, -0.15) is 0 Å². The van der Waals surface area contributed by atoms with Crippen molar-refractivity contribution in [3.63, 3.8) is 0 Å². The first kappa shape index (κ1) is 21.0. The highest BCUT2D eigenvalue weighted by Crippen LogP contribution is 2.28. The average molecular weight is 412 g/mol. The van der Waals surface area contributed by atoms with E-state index in [9.17, 15) is 19.1 Å². The van der Waals surface area contributed by atoms with E-state index in [1.807, 2.05) is 13.8 Å². The van der Waals surface area contributed by atoms with Crippen LogP contribution in [-0.4, -0.2) is 27.2 Å². The fraction of sp³-hybridized carbons (Fsp3) is 0.278. The lowest BCUT2D eigenvalue weighted by Gasteiger charge is -2.12. The van der Waals surface area contributed by atoms with E-state index in [4.69, 9.17) is 0 Å². The lowest BCUT2D eigenvalue weighted by Crippen LogP contribution is -2.19. The predicted molar refractivity (Wildman–Crippen MR) is 107 cm³/mol. The van der Waals surface area contributed by atoms with Crippen LogP contribution in [0.2, 0.25) is 0 Å². The number of hydrogen-bond acceptors (Lipinski definition) is 5. The molecule has 0 aliphatic rings. The predicted octanol–water partition coefficient (Wildman–Crippen LogP) is 3.51. The van der Waals surface area contributed by atoms with Crippen molar-refractivity contribution in [1.29, 1.82) is 0 Å². The number of carboxylic acids is 1. The minimum atomic E-state index is -1.32. The van der Waals surface area contributed by atoms with E-state index >= 15 is 0 Å². The van der Waals surface area contributed by atoms with Crippen LogP contribution in [0.5, 0.6) is 0 Å². The van der Waals surface area contributed by atoms with Crippen LogP contribution in [0.25, 0.3) is 22.2 Å². The van der Waals surface area contributed by atoms with Gasteiger partial charge in [0.15, 0.2) is 0 Å².